The molecule has 1 saturated carbocycles. The van der Waals surface area contributed by atoms with Gasteiger partial charge in [0.05, 0.1) is 11.6 Å². The second-order valence-electron chi connectivity index (χ2n) is 5.38. The number of anilines is 1. The lowest BCUT2D eigenvalue weighted by atomic mass is 10.1. The molecule has 1 heterocycles. The predicted octanol–water partition coefficient (Wildman–Crippen LogP) is 4.20. The first kappa shape index (κ1) is 13.6. The number of nitrogens with two attached hydrogens (primary N) is 1. The molecule has 0 radical (unpaired) electrons. The van der Waals surface area contributed by atoms with Gasteiger partial charge in [-0.3, -0.25) is 0 Å². The summed E-state index contributed by atoms with van der Waals surface area (Å²) in [4.78, 5) is 4.82. The van der Waals surface area contributed by atoms with E-state index in [-0.39, 0.29) is 0 Å². The van der Waals surface area contributed by atoms with Crippen molar-refractivity contribution in [1.82, 2.24) is 4.98 Å². The number of thiazole rings is 1. The van der Waals surface area contributed by atoms with Gasteiger partial charge in [-0.25, -0.2) is 4.98 Å². The quantitative estimate of drug-likeness (QED) is 0.917. The molecule has 4 heteroatoms. The van der Waals surface area contributed by atoms with E-state index >= 15 is 0 Å². The zero-order valence-corrected chi connectivity index (χ0v) is 12.6. The van der Waals surface area contributed by atoms with Gasteiger partial charge in [0.2, 0.25) is 0 Å². The number of nitrogens with zero attached hydrogens (tertiary/aromatic N) is 1. The first-order chi connectivity index (χ1) is 9.78. The van der Waals surface area contributed by atoms with Crippen LogP contribution >= 0.6 is 11.3 Å². The number of hydrogen-bond donors (Lipinski definition) is 1. The minimum Gasteiger partial charge on any atom is -0.389 e. The molecule has 2 aromatic rings. The molecule has 1 aliphatic rings. The fourth-order valence-electron chi connectivity index (χ4n) is 2.88. The van der Waals surface area contributed by atoms with Gasteiger partial charge < -0.3 is 10.5 Å². The Morgan fingerprint density at radius 1 is 1.35 bits per heavy atom. The summed E-state index contributed by atoms with van der Waals surface area (Å²) in [6, 6.07) is 8.29. The fraction of sp³-hybridized carbons (Fsp3) is 0.438. The van der Waals surface area contributed by atoms with Crippen LogP contribution < -0.4 is 5.73 Å². The van der Waals surface area contributed by atoms with Gasteiger partial charge in [-0.1, -0.05) is 31.0 Å². The third-order valence-electron chi connectivity index (χ3n) is 3.89. The maximum absolute atomic E-state index is 6.19. The van der Waals surface area contributed by atoms with Gasteiger partial charge in [-0.05, 0) is 24.5 Å². The Bertz CT molecular complexity index is 588. The molecule has 0 amide bonds. The van der Waals surface area contributed by atoms with Crippen molar-refractivity contribution in [1.29, 1.82) is 0 Å². The third kappa shape index (κ3) is 2.72. The molecule has 1 aromatic heterocycles. The minimum atomic E-state index is 0.618. The second-order valence-corrected chi connectivity index (χ2v) is 6.44. The topological polar surface area (TPSA) is 48.1 Å². The predicted molar refractivity (Wildman–Crippen MR) is 83.9 cm³/mol. The number of ether oxygens (including phenoxy) is 1. The Hall–Kier alpha value is -1.39. The van der Waals surface area contributed by atoms with E-state index in [4.69, 9.17) is 15.5 Å². The average Bonchev–Trinajstić information content (AvgIpc) is 3.08. The van der Waals surface area contributed by atoms with Crippen molar-refractivity contribution in [2.75, 3.05) is 12.8 Å². The monoisotopic (exact) mass is 288 g/mol. The molecule has 0 spiro atoms. The first-order valence-corrected chi connectivity index (χ1v) is 7.94. The summed E-state index contributed by atoms with van der Waals surface area (Å²) in [5.41, 5.74) is 9.38. The van der Waals surface area contributed by atoms with Crippen LogP contribution in [0.4, 0.5) is 5.00 Å². The summed E-state index contributed by atoms with van der Waals surface area (Å²) >= 11 is 1.66. The Labute approximate surface area is 123 Å². The molecular weight excluding hydrogens is 268 g/mol. The summed E-state index contributed by atoms with van der Waals surface area (Å²) in [6.07, 6.45) is 5.16. The lowest BCUT2D eigenvalue weighted by molar-refractivity contribution is 0.185. The number of aromatic nitrogens is 1. The van der Waals surface area contributed by atoms with Crippen LogP contribution in [0.2, 0.25) is 0 Å². The molecule has 0 bridgehead atoms. The second kappa shape index (κ2) is 5.94. The van der Waals surface area contributed by atoms with Crippen molar-refractivity contribution in [3.05, 3.63) is 34.8 Å². The summed E-state index contributed by atoms with van der Waals surface area (Å²) in [7, 11) is 1.71. The third-order valence-corrected chi connectivity index (χ3v) is 4.93. The van der Waals surface area contributed by atoms with E-state index in [0.29, 0.717) is 12.5 Å². The number of benzene rings is 1. The largest absolute Gasteiger partial charge is 0.389 e. The van der Waals surface area contributed by atoms with E-state index in [0.717, 1.165) is 21.8 Å². The van der Waals surface area contributed by atoms with Gasteiger partial charge in [0.25, 0.3) is 0 Å². The van der Waals surface area contributed by atoms with Gasteiger partial charge >= 0.3 is 0 Å². The SMILES string of the molecule is COCc1cccc(-c2nc(C3CCCC3)sc2N)c1. The molecule has 0 atom stereocenters. The maximum Gasteiger partial charge on any atom is 0.114 e. The fourth-order valence-corrected chi connectivity index (χ4v) is 3.90. The van der Waals surface area contributed by atoms with E-state index in [1.807, 2.05) is 6.07 Å². The van der Waals surface area contributed by atoms with E-state index in [1.165, 1.54) is 30.7 Å². The van der Waals surface area contributed by atoms with Crippen LogP contribution in [-0.4, -0.2) is 12.1 Å². The molecule has 0 unspecified atom stereocenters. The van der Waals surface area contributed by atoms with Crippen molar-refractivity contribution < 1.29 is 4.74 Å². The normalized spacial score (nSPS) is 15.8. The number of rotatable bonds is 4. The van der Waals surface area contributed by atoms with Crippen molar-refractivity contribution in [3.8, 4) is 11.3 Å². The van der Waals surface area contributed by atoms with Gasteiger partial charge in [-0.2, -0.15) is 0 Å². The van der Waals surface area contributed by atoms with Gasteiger partial charge in [0.1, 0.15) is 10.7 Å². The first-order valence-electron chi connectivity index (χ1n) is 7.12. The number of methoxy groups -OCH3 is 1. The van der Waals surface area contributed by atoms with Crippen molar-refractivity contribution >= 4 is 16.3 Å². The zero-order chi connectivity index (χ0) is 13.9. The Balaban J connectivity index is 1.91. The van der Waals surface area contributed by atoms with Crippen molar-refractivity contribution in [3.63, 3.8) is 0 Å². The molecule has 0 saturated heterocycles. The smallest absolute Gasteiger partial charge is 0.114 e. The van der Waals surface area contributed by atoms with Gasteiger partial charge in [0.15, 0.2) is 0 Å². The number of nitrogen functional groups attached to an aromatic ring is 1. The van der Waals surface area contributed by atoms with Crippen LogP contribution in [0, 0.1) is 0 Å². The Morgan fingerprint density at radius 2 is 2.15 bits per heavy atom. The molecule has 1 aliphatic carbocycles. The molecule has 20 heavy (non-hydrogen) atoms. The highest BCUT2D eigenvalue weighted by Gasteiger charge is 2.22. The van der Waals surface area contributed by atoms with Crippen LogP contribution in [0.25, 0.3) is 11.3 Å². The molecule has 2 N–H and O–H groups in total. The van der Waals surface area contributed by atoms with E-state index in [9.17, 15) is 0 Å². The summed E-state index contributed by atoms with van der Waals surface area (Å²) in [6.45, 7) is 0.618. The van der Waals surface area contributed by atoms with Crippen molar-refractivity contribution in [2.45, 2.75) is 38.2 Å². The van der Waals surface area contributed by atoms with E-state index in [1.54, 1.807) is 18.4 Å². The van der Waals surface area contributed by atoms with Crippen LogP contribution in [0.5, 0.6) is 0 Å². The highest BCUT2D eigenvalue weighted by molar-refractivity contribution is 7.16. The van der Waals surface area contributed by atoms with E-state index in [2.05, 4.69) is 18.2 Å². The molecule has 3 rings (SSSR count). The molecule has 1 fully saturated rings. The summed E-state index contributed by atoms with van der Waals surface area (Å²) in [5, 5.41) is 2.05. The minimum absolute atomic E-state index is 0.618. The molecular formula is C16H20N2OS. The highest BCUT2D eigenvalue weighted by atomic mass is 32.1. The van der Waals surface area contributed by atoms with Crippen LogP contribution in [0.1, 0.15) is 42.2 Å². The highest BCUT2D eigenvalue weighted by Crippen LogP contribution is 2.40. The average molecular weight is 288 g/mol. The zero-order valence-electron chi connectivity index (χ0n) is 11.8. The maximum atomic E-state index is 6.19. The van der Waals surface area contributed by atoms with Gasteiger partial charge in [-0.15, -0.1) is 11.3 Å². The lowest BCUT2D eigenvalue weighted by Crippen LogP contribution is -1.92. The standard InChI is InChI=1S/C16H20N2OS/c1-19-10-11-5-4-8-13(9-11)14-15(17)20-16(18-14)12-6-2-3-7-12/h4-5,8-9,12H,2-3,6-7,10,17H2,1H3. The van der Waals surface area contributed by atoms with Crippen molar-refractivity contribution in [2.24, 2.45) is 0 Å². The molecule has 106 valence electrons. The van der Waals surface area contributed by atoms with Crippen LogP contribution in [0.3, 0.4) is 0 Å². The molecule has 1 aromatic carbocycles. The van der Waals surface area contributed by atoms with E-state index < -0.39 is 0 Å². The Kier molecular flexibility index (Phi) is 4.03. The van der Waals surface area contributed by atoms with Gasteiger partial charge in [0, 0.05) is 18.6 Å². The van der Waals surface area contributed by atoms with Crippen LogP contribution in [-0.2, 0) is 11.3 Å². The summed E-state index contributed by atoms with van der Waals surface area (Å²) < 4.78 is 5.19. The van der Waals surface area contributed by atoms with Crippen LogP contribution in [0.15, 0.2) is 24.3 Å². The molecule has 3 nitrogen and oxygen atoms in total. The lowest BCUT2D eigenvalue weighted by Gasteiger charge is -2.04. The molecule has 0 aliphatic heterocycles. The Morgan fingerprint density at radius 3 is 2.90 bits per heavy atom. The number of hydrogen-bond acceptors (Lipinski definition) is 4. The summed E-state index contributed by atoms with van der Waals surface area (Å²) in [5.74, 6) is 0.623.